The molecule has 2 heterocycles. The molecule has 0 fully saturated rings. The predicted octanol–water partition coefficient (Wildman–Crippen LogP) is 4.58. The minimum absolute atomic E-state index is 0.736. The molecule has 0 amide bonds. The maximum Gasteiger partial charge on any atom is 0.142 e. The molecule has 0 spiro atoms. The van der Waals surface area contributed by atoms with E-state index in [9.17, 15) is 0 Å². The minimum Gasteiger partial charge on any atom is -0.340 e. The van der Waals surface area contributed by atoms with Crippen LogP contribution in [0.3, 0.4) is 0 Å². The molecule has 0 unspecified atom stereocenters. The number of aryl methyl sites for hydroxylation is 2. The van der Waals surface area contributed by atoms with Crippen LogP contribution in [0.4, 0.5) is 11.5 Å². The van der Waals surface area contributed by atoms with E-state index in [4.69, 9.17) is 11.6 Å². The molecule has 3 nitrogen and oxygen atoms in total. The standard InChI is InChI=1S/C15H12ClN3S/c16-9-4-6-10(7-5-9)19-14-13-11-2-1-3-12(11)20-15(13)18-8-17-14/h4-8H,1-3H2,(H,17,18,19). The van der Waals surface area contributed by atoms with Crippen LogP contribution in [0.25, 0.3) is 10.2 Å². The second kappa shape index (κ2) is 4.72. The van der Waals surface area contributed by atoms with E-state index >= 15 is 0 Å². The van der Waals surface area contributed by atoms with Crippen molar-refractivity contribution in [2.75, 3.05) is 5.32 Å². The summed E-state index contributed by atoms with van der Waals surface area (Å²) in [4.78, 5) is 11.4. The van der Waals surface area contributed by atoms with Gasteiger partial charge in [-0.2, -0.15) is 0 Å². The van der Waals surface area contributed by atoms with Gasteiger partial charge >= 0.3 is 0 Å². The first-order valence-electron chi connectivity index (χ1n) is 6.59. The Morgan fingerprint density at radius 2 is 1.95 bits per heavy atom. The molecule has 5 heteroatoms. The smallest absolute Gasteiger partial charge is 0.142 e. The Morgan fingerprint density at radius 3 is 2.80 bits per heavy atom. The summed E-state index contributed by atoms with van der Waals surface area (Å²) in [7, 11) is 0. The monoisotopic (exact) mass is 301 g/mol. The van der Waals surface area contributed by atoms with E-state index in [1.54, 1.807) is 17.7 Å². The van der Waals surface area contributed by atoms with E-state index in [0.717, 1.165) is 27.8 Å². The number of aromatic nitrogens is 2. The van der Waals surface area contributed by atoms with Gasteiger partial charge in [0, 0.05) is 15.6 Å². The van der Waals surface area contributed by atoms with E-state index in [0.29, 0.717) is 0 Å². The predicted molar refractivity (Wildman–Crippen MR) is 84.2 cm³/mol. The van der Waals surface area contributed by atoms with Crippen molar-refractivity contribution in [1.82, 2.24) is 9.97 Å². The third-order valence-electron chi connectivity index (χ3n) is 3.61. The van der Waals surface area contributed by atoms with Crippen molar-refractivity contribution in [2.24, 2.45) is 0 Å². The zero-order chi connectivity index (χ0) is 13.5. The molecule has 0 radical (unpaired) electrons. The van der Waals surface area contributed by atoms with E-state index in [1.165, 1.54) is 28.7 Å². The van der Waals surface area contributed by atoms with Gasteiger partial charge in [-0.25, -0.2) is 9.97 Å². The molecule has 3 aromatic rings. The van der Waals surface area contributed by atoms with E-state index < -0.39 is 0 Å². The lowest BCUT2D eigenvalue weighted by molar-refractivity contribution is 0.917. The number of thiophene rings is 1. The van der Waals surface area contributed by atoms with Crippen LogP contribution in [-0.4, -0.2) is 9.97 Å². The summed E-state index contributed by atoms with van der Waals surface area (Å²) in [5, 5.41) is 5.32. The Morgan fingerprint density at radius 1 is 1.10 bits per heavy atom. The van der Waals surface area contributed by atoms with Gasteiger partial charge in [0.05, 0.1) is 5.39 Å². The third kappa shape index (κ3) is 1.96. The summed E-state index contributed by atoms with van der Waals surface area (Å²) in [6, 6.07) is 7.67. The summed E-state index contributed by atoms with van der Waals surface area (Å²) in [6.07, 6.45) is 5.19. The molecule has 20 heavy (non-hydrogen) atoms. The van der Waals surface area contributed by atoms with Gasteiger partial charge in [0.25, 0.3) is 0 Å². The Balaban J connectivity index is 1.81. The number of halogens is 1. The first-order valence-corrected chi connectivity index (χ1v) is 7.78. The second-order valence-electron chi connectivity index (χ2n) is 4.89. The highest BCUT2D eigenvalue weighted by Crippen LogP contribution is 2.39. The van der Waals surface area contributed by atoms with Gasteiger partial charge in [0.1, 0.15) is 17.0 Å². The van der Waals surface area contributed by atoms with Crippen LogP contribution in [0.15, 0.2) is 30.6 Å². The molecule has 4 rings (SSSR count). The Labute approximate surface area is 125 Å². The summed E-state index contributed by atoms with van der Waals surface area (Å²) in [6.45, 7) is 0. The van der Waals surface area contributed by atoms with Crippen molar-refractivity contribution >= 4 is 44.7 Å². The Hall–Kier alpha value is -1.65. The number of hydrogen-bond donors (Lipinski definition) is 1. The van der Waals surface area contributed by atoms with Crippen molar-refractivity contribution < 1.29 is 0 Å². The molecule has 1 aromatic carbocycles. The van der Waals surface area contributed by atoms with E-state index in [2.05, 4.69) is 15.3 Å². The number of fused-ring (bicyclic) bond motifs is 3. The first-order chi connectivity index (χ1) is 9.81. The molecular formula is C15H12ClN3S. The number of nitrogens with one attached hydrogen (secondary N) is 1. The van der Waals surface area contributed by atoms with Gasteiger partial charge in [-0.15, -0.1) is 11.3 Å². The van der Waals surface area contributed by atoms with Crippen LogP contribution in [0.5, 0.6) is 0 Å². The molecule has 100 valence electrons. The maximum atomic E-state index is 5.92. The summed E-state index contributed by atoms with van der Waals surface area (Å²) in [5.74, 6) is 0.900. The van der Waals surface area contributed by atoms with Gasteiger partial charge in [0.15, 0.2) is 0 Å². The van der Waals surface area contributed by atoms with Crippen LogP contribution in [-0.2, 0) is 12.8 Å². The lowest BCUT2D eigenvalue weighted by Crippen LogP contribution is -1.95. The average Bonchev–Trinajstić information content (AvgIpc) is 3.02. The van der Waals surface area contributed by atoms with E-state index in [1.807, 2.05) is 24.3 Å². The molecule has 0 saturated heterocycles. The fraction of sp³-hybridized carbons (Fsp3) is 0.200. The summed E-state index contributed by atoms with van der Waals surface area (Å²) in [5.41, 5.74) is 2.43. The highest BCUT2D eigenvalue weighted by Gasteiger charge is 2.21. The summed E-state index contributed by atoms with van der Waals surface area (Å²) >= 11 is 7.72. The van der Waals surface area contributed by atoms with Crippen molar-refractivity contribution in [1.29, 1.82) is 0 Å². The highest BCUT2D eigenvalue weighted by molar-refractivity contribution is 7.19. The van der Waals surface area contributed by atoms with Crippen molar-refractivity contribution in [3.8, 4) is 0 Å². The molecule has 1 aliphatic carbocycles. The lowest BCUT2D eigenvalue weighted by Gasteiger charge is -2.07. The highest BCUT2D eigenvalue weighted by atomic mass is 35.5. The number of benzene rings is 1. The van der Waals surface area contributed by atoms with E-state index in [-0.39, 0.29) is 0 Å². The van der Waals surface area contributed by atoms with Crippen LogP contribution < -0.4 is 5.32 Å². The Bertz CT molecular complexity index is 780. The topological polar surface area (TPSA) is 37.8 Å². The molecule has 0 bridgehead atoms. The molecule has 2 aromatic heterocycles. The second-order valence-corrected chi connectivity index (χ2v) is 6.41. The molecule has 1 N–H and O–H groups in total. The van der Waals surface area contributed by atoms with Gasteiger partial charge in [-0.1, -0.05) is 11.6 Å². The van der Waals surface area contributed by atoms with Crippen molar-refractivity contribution in [3.63, 3.8) is 0 Å². The van der Waals surface area contributed by atoms with Crippen LogP contribution in [0.2, 0.25) is 5.02 Å². The first kappa shape index (κ1) is 12.1. The van der Waals surface area contributed by atoms with Crippen molar-refractivity contribution in [3.05, 3.63) is 46.1 Å². The lowest BCUT2D eigenvalue weighted by atomic mass is 10.2. The molecular weight excluding hydrogens is 290 g/mol. The normalized spacial score (nSPS) is 13.7. The average molecular weight is 302 g/mol. The van der Waals surface area contributed by atoms with Gasteiger partial charge in [-0.05, 0) is 49.1 Å². The maximum absolute atomic E-state index is 5.92. The third-order valence-corrected chi connectivity index (χ3v) is 5.06. The molecule has 0 atom stereocenters. The van der Waals surface area contributed by atoms with Crippen molar-refractivity contribution in [2.45, 2.75) is 19.3 Å². The Kier molecular flexibility index (Phi) is 2.86. The molecule has 0 aliphatic heterocycles. The number of hydrogen-bond acceptors (Lipinski definition) is 4. The number of rotatable bonds is 2. The summed E-state index contributed by atoms with van der Waals surface area (Å²) < 4.78 is 0. The van der Waals surface area contributed by atoms with Crippen LogP contribution >= 0.6 is 22.9 Å². The van der Waals surface area contributed by atoms with Crippen LogP contribution in [0.1, 0.15) is 16.9 Å². The molecule has 1 aliphatic rings. The molecule has 0 saturated carbocycles. The quantitative estimate of drug-likeness (QED) is 0.753. The number of nitrogens with zero attached hydrogens (tertiary/aromatic N) is 2. The zero-order valence-corrected chi connectivity index (χ0v) is 12.3. The number of anilines is 2. The largest absolute Gasteiger partial charge is 0.340 e. The zero-order valence-electron chi connectivity index (χ0n) is 10.7. The SMILES string of the molecule is Clc1ccc(Nc2ncnc3sc4c(c23)CCC4)cc1. The van der Waals surface area contributed by atoms with Gasteiger partial charge in [-0.3, -0.25) is 0 Å². The van der Waals surface area contributed by atoms with Gasteiger partial charge < -0.3 is 5.32 Å². The fourth-order valence-corrected chi connectivity index (χ4v) is 4.05. The minimum atomic E-state index is 0.736. The fourth-order valence-electron chi connectivity index (χ4n) is 2.69. The van der Waals surface area contributed by atoms with Gasteiger partial charge in [0.2, 0.25) is 0 Å². The van der Waals surface area contributed by atoms with Crippen LogP contribution in [0, 0.1) is 0 Å².